The molecule has 0 heterocycles. The second kappa shape index (κ2) is 5.16. The molecule has 0 N–H and O–H groups in total. The summed E-state index contributed by atoms with van der Waals surface area (Å²) in [5.41, 5.74) is 3.11. The molecule has 0 spiro atoms. The highest BCUT2D eigenvalue weighted by Crippen LogP contribution is 2.42. The van der Waals surface area contributed by atoms with Crippen LogP contribution in [0.4, 0.5) is 0 Å². The van der Waals surface area contributed by atoms with Crippen LogP contribution in [0.5, 0.6) is 0 Å². The molecule has 1 rings (SSSR count). The van der Waals surface area contributed by atoms with Crippen LogP contribution in [0, 0.1) is 5.41 Å². The first kappa shape index (κ1) is 12.8. The van der Waals surface area contributed by atoms with Gasteiger partial charge >= 0.3 is 0 Å². The van der Waals surface area contributed by atoms with Crippen molar-refractivity contribution >= 4 is 15.9 Å². The number of hydrogen-bond donors (Lipinski definition) is 0. The standard InChI is InChI=1S/C14H21Br/c1-5-11-7-9-12(10-8-11)13(15)14(3,4)6-2/h7-10,13H,5-6H2,1-4H3. The molecule has 15 heavy (non-hydrogen) atoms. The van der Waals surface area contributed by atoms with Crippen molar-refractivity contribution < 1.29 is 0 Å². The lowest BCUT2D eigenvalue weighted by Gasteiger charge is -2.29. The molecular weight excluding hydrogens is 248 g/mol. The third-order valence-corrected chi connectivity index (χ3v) is 5.05. The van der Waals surface area contributed by atoms with E-state index in [-0.39, 0.29) is 0 Å². The third-order valence-electron chi connectivity index (χ3n) is 3.28. The molecule has 1 aromatic carbocycles. The van der Waals surface area contributed by atoms with Crippen LogP contribution >= 0.6 is 15.9 Å². The fourth-order valence-corrected chi connectivity index (χ4v) is 2.18. The summed E-state index contributed by atoms with van der Waals surface area (Å²) in [7, 11) is 0. The highest BCUT2D eigenvalue weighted by molar-refractivity contribution is 9.09. The number of aryl methyl sites for hydroxylation is 1. The van der Waals surface area contributed by atoms with E-state index in [0.717, 1.165) is 6.42 Å². The van der Waals surface area contributed by atoms with Crippen LogP contribution in [0.25, 0.3) is 0 Å². The molecule has 0 aromatic heterocycles. The number of hydrogen-bond acceptors (Lipinski definition) is 0. The summed E-state index contributed by atoms with van der Waals surface area (Å²) >= 11 is 3.81. The summed E-state index contributed by atoms with van der Waals surface area (Å²) in [4.78, 5) is 0.445. The quantitative estimate of drug-likeness (QED) is 0.665. The van der Waals surface area contributed by atoms with E-state index in [1.54, 1.807) is 0 Å². The SMILES string of the molecule is CCc1ccc(C(Br)C(C)(C)CC)cc1. The summed E-state index contributed by atoms with van der Waals surface area (Å²) < 4.78 is 0. The van der Waals surface area contributed by atoms with Crippen molar-refractivity contribution in [3.05, 3.63) is 35.4 Å². The Morgan fingerprint density at radius 3 is 2.07 bits per heavy atom. The van der Waals surface area contributed by atoms with Crippen LogP contribution in [0.1, 0.15) is 50.1 Å². The van der Waals surface area contributed by atoms with E-state index >= 15 is 0 Å². The molecule has 0 saturated heterocycles. The molecule has 84 valence electrons. The van der Waals surface area contributed by atoms with Gasteiger partial charge in [-0.1, -0.05) is 67.9 Å². The molecule has 0 aliphatic heterocycles. The second-order valence-electron chi connectivity index (χ2n) is 4.80. The van der Waals surface area contributed by atoms with Crippen molar-refractivity contribution in [2.45, 2.75) is 45.4 Å². The molecule has 0 bridgehead atoms. The Kier molecular flexibility index (Phi) is 4.39. The fraction of sp³-hybridized carbons (Fsp3) is 0.571. The van der Waals surface area contributed by atoms with Gasteiger partial charge in [0.15, 0.2) is 0 Å². The van der Waals surface area contributed by atoms with Crippen LogP contribution in [-0.2, 0) is 6.42 Å². The zero-order valence-corrected chi connectivity index (χ0v) is 11.8. The lowest BCUT2D eigenvalue weighted by Crippen LogP contribution is -2.16. The normalized spacial score (nSPS) is 13.9. The minimum absolute atomic E-state index is 0.313. The van der Waals surface area contributed by atoms with E-state index in [4.69, 9.17) is 0 Å². The molecule has 1 unspecified atom stereocenters. The Morgan fingerprint density at radius 1 is 1.13 bits per heavy atom. The van der Waals surface area contributed by atoms with Crippen molar-refractivity contribution in [3.8, 4) is 0 Å². The fourth-order valence-electron chi connectivity index (χ4n) is 1.55. The number of rotatable bonds is 4. The van der Waals surface area contributed by atoms with E-state index in [2.05, 4.69) is 67.9 Å². The monoisotopic (exact) mass is 268 g/mol. The number of alkyl halides is 1. The van der Waals surface area contributed by atoms with Crippen molar-refractivity contribution in [2.24, 2.45) is 5.41 Å². The summed E-state index contributed by atoms with van der Waals surface area (Å²) in [6, 6.07) is 8.95. The molecule has 0 aliphatic carbocycles. The van der Waals surface area contributed by atoms with Gasteiger partial charge in [0, 0.05) is 4.83 Å². The van der Waals surface area contributed by atoms with Crippen molar-refractivity contribution in [1.82, 2.24) is 0 Å². The summed E-state index contributed by atoms with van der Waals surface area (Å²) in [5.74, 6) is 0. The molecule has 0 nitrogen and oxygen atoms in total. The first-order chi connectivity index (χ1) is 7.01. The molecule has 0 saturated carbocycles. The van der Waals surface area contributed by atoms with Crippen LogP contribution in [-0.4, -0.2) is 0 Å². The molecule has 1 heteroatoms. The number of halogens is 1. The van der Waals surface area contributed by atoms with Crippen LogP contribution in [0.2, 0.25) is 0 Å². The molecule has 0 fully saturated rings. The Hall–Kier alpha value is -0.300. The van der Waals surface area contributed by atoms with Gasteiger partial charge in [0.2, 0.25) is 0 Å². The van der Waals surface area contributed by atoms with E-state index in [0.29, 0.717) is 10.2 Å². The molecule has 0 radical (unpaired) electrons. The van der Waals surface area contributed by atoms with Gasteiger partial charge in [-0.25, -0.2) is 0 Å². The van der Waals surface area contributed by atoms with E-state index in [1.165, 1.54) is 17.5 Å². The maximum absolute atomic E-state index is 3.81. The second-order valence-corrected chi connectivity index (χ2v) is 5.72. The van der Waals surface area contributed by atoms with Gasteiger partial charge in [0.25, 0.3) is 0 Å². The van der Waals surface area contributed by atoms with Crippen LogP contribution in [0.15, 0.2) is 24.3 Å². The lowest BCUT2D eigenvalue weighted by atomic mass is 9.83. The minimum atomic E-state index is 0.313. The van der Waals surface area contributed by atoms with Crippen molar-refractivity contribution in [3.63, 3.8) is 0 Å². The summed E-state index contributed by atoms with van der Waals surface area (Å²) in [6.45, 7) is 9.05. The van der Waals surface area contributed by atoms with E-state index in [9.17, 15) is 0 Å². The van der Waals surface area contributed by atoms with Gasteiger partial charge < -0.3 is 0 Å². The maximum Gasteiger partial charge on any atom is 0.0446 e. The molecule has 1 aromatic rings. The Bertz CT molecular complexity index is 298. The summed E-state index contributed by atoms with van der Waals surface area (Å²) in [5, 5.41) is 0. The molecule has 0 amide bonds. The number of benzene rings is 1. The maximum atomic E-state index is 3.81. The molecule has 1 atom stereocenters. The zero-order valence-electron chi connectivity index (χ0n) is 10.2. The predicted octanol–water partition coefficient (Wildman–Crippen LogP) is 5.12. The lowest BCUT2D eigenvalue weighted by molar-refractivity contribution is 0.346. The van der Waals surface area contributed by atoms with Crippen LogP contribution in [0.3, 0.4) is 0 Å². The highest BCUT2D eigenvalue weighted by atomic mass is 79.9. The average molecular weight is 269 g/mol. The molecule has 0 aliphatic rings. The first-order valence-electron chi connectivity index (χ1n) is 5.74. The Labute approximate surface area is 102 Å². The van der Waals surface area contributed by atoms with Gasteiger partial charge in [-0.3, -0.25) is 0 Å². The predicted molar refractivity (Wildman–Crippen MR) is 71.6 cm³/mol. The van der Waals surface area contributed by atoms with Gasteiger partial charge in [-0.05, 0) is 29.4 Å². The van der Waals surface area contributed by atoms with Crippen LogP contribution < -0.4 is 0 Å². The minimum Gasteiger partial charge on any atom is -0.0833 e. The largest absolute Gasteiger partial charge is 0.0833 e. The molecular formula is C14H21Br. The van der Waals surface area contributed by atoms with Gasteiger partial charge in [0.1, 0.15) is 0 Å². The topological polar surface area (TPSA) is 0 Å². The Morgan fingerprint density at radius 2 is 1.67 bits per heavy atom. The highest BCUT2D eigenvalue weighted by Gasteiger charge is 2.26. The zero-order chi connectivity index (χ0) is 11.5. The van der Waals surface area contributed by atoms with Gasteiger partial charge in [-0.2, -0.15) is 0 Å². The third kappa shape index (κ3) is 3.07. The van der Waals surface area contributed by atoms with Crippen molar-refractivity contribution in [2.75, 3.05) is 0 Å². The van der Waals surface area contributed by atoms with Crippen molar-refractivity contribution in [1.29, 1.82) is 0 Å². The smallest absolute Gasteiger partial charge is 0.0446 e. The average Bonchev–Trinajstić information content (AvgIpc) is 2.28. The van der Waals surface area contributed by atoms with E-state index in [1.807, 2.05) is 0 Å². The summed E-state index contributed by atoms with van der Waals surface area (Å²) in [6.07, 6.45) is 2.29. The van der Waals surface area contributed by atoms with Gasteiger partial charge in [0.05, 0.1) is 0 Å². The van der Waals surface area contributed by atoms with E-state index < -0.39 is 0 Å². The van der Waals surface area contributed by atoms with Gasteiger partial charge in [-0.15, -0.1) is 0 Å². The Balaban J connectivity index is 2.87. The first-order valence-corrected chi connectivity index (χ1v) is 6.65.